The van der Waals surface area contributed by atoms with Gasteiger partial charge in [-0.25, -0.2) is 4.79 Å². The van der Waals surface area contributed by atoms with Crippen LogP contribution in [0.2, 0.25) is 0 Å². The first kappa shape index (κ1) is 18.2. The fourth-order valence-electron chi connectivity index (χ4n) is 2.48. The van der Waals surface area contributed by atoms with Crippen LogP contribution in [-0.4, -0.2) is 23.2 Å². The Hall–Kier alpha value is -3.55. The SMILES string of the molecule is Cc1ccc(OCCCOc2ccc3c(O)c([N+](=O)[O-])c(=O)oc3c2)cc1. The summed E-state index contributed by atoms with van der Waals surface area (Å²) < 4.78 is 16.1. The normalized spacial score (nSPS) is 10.7. The second-order valence-electron chi connectivity index (χ2n) is 5.87. The molecule has 1 N–H and O–H groups in total. The Morgan fingerprint density at radius 3 is 2.37 bits per heavy atom. The van der Waals surface area contributed by atoms with Gasteiger partial charge in [-0.05, 0) is 31.2 Å². The first-order valence-corrected chi connectivity index (χ1v) is 8.22. The van der Waals surface area contributed by atoms with E-state index in [-0.39, 0.29) is 11.0 Å². The lowest BCUT2D eigenvalue weighted by Crippen LogP contribution is -2.07. The number of ether oxygens (including phenoxy) is 2. The topological polar surface area (TPSA) is 112 Å². The van der Waals surface area contributed by atoms with Crippen LogP contribution in [0.25, 0.3) is 11.0 Å². The van der Waals surface area contributed by atoms with Crippen LogP contribution in [0, 0.1) is 17.0 Å². The zero-order valence-corrected chi connectivity index (χ0v) is 14.5. The quantitative estimate of drug-likeness (QED) is 0.292. The van der Waals surface area contributed by atoms with Gasteiger partial charge in [0, 0.05) is 12.5 Å². The van der Waals surface area contributed by atoms with Crippen LogP contribution in [0.4, 0.5) is 5.69 Å². The highest BCUT2D eigenvalue weighted by atomic mass is 16.6. The van der Waals surface area contributed by atoms with Crippen LogP contribution < -0.4 is 15.1 Å². The lowest BCUT2D eigenvalue weighted by atomic mass is 10.2. The Morgan fingerprint density at radius 1 is 1.07 bits per heavy atom. The van der Waals surface area contributed by atoms with Crippen molar-refractivity contribution < 1.29 is 23.9 Å². The van der Waals surface area contributed by atoms with Gasteiger partial charge in [0.1, 0.15) is 17.1 Å². The summed E-state index contributed by atoms with van der Waals surface area (Å²) in [6, 6.07) is 12.1. The average Bonchev–Trinajstić information content (AvgIpc) is 2.62. The van der Waals surface area contributed by atoms with E-state index in [2.05, 4.69) is 0 Å². The fourth-order valence-corrected chi connectivity index (χ4v) is 2.48. The molecule has 8 heteroatoms. The van der Waals surface area contributed by atoms with Crippen molar-refractivity contribution in [2.24, 2.45) is 0 Å². The molecule has 3 rings (SSSR count). The summed E-state index contributed by atoms with van der Waals surface area (Å²) in [6.07, 6.45) is 0.626. The van der Waals surface area contributed by atoms with Crippen LogP contribution >= 0.6 is 0 Å². The van der Waals surface area contributed by atoms with E-state index in [0.29, 0.717) is 25.4 Å². The van der Waals surface area contributed by atoms with E-state index in [9.17, 15) is 20.0 Å². The molecule has 0 atom stereocenters. The summed E-state index contributed by atoms with van der Waals surface area (Å²) >= 11 is 0. The smallest absolute Gasteiger partial charge is 0.419 e. The third kappa shape index (κ3) is 4.17. The number of nitro groups is 1. The maximum atomic E-state index is 11.6. The molecule has 0 aliphatic heterocycles. The van der Waals surface area contributed by atoms with Crippen LogP contribution in [0.1, 0.15) is 12.0 Å². The van der Waals surface area contributed by atoms with Crippen LogP contribution in [0.15, 0.2) is 51.7 Å². The molecule has 0 aliphatic carbocycles. The molecule has 0 radical (unpaired) electrons. The van der Waals surface area contributed by atoms with Crippen LogP contribution in [0.3, 0.4) is 0 Å². The third-order valence-electron chi connectivity index (χ3n) is 3.86. The Bertz CT molecular complexity index is 1020. The minimum absolute atomic E-state index is 0.0107. The Labute approximate surface area is 153 Å². The van der Waals surface area contributed by atoms with Crippen molar-refractivity contribution in [1.29, 1.82) is 0 Å². The first-order valence-electron chi connectivity index (χ1n) is 8.22. The third-order valence-corrected chi connectivity index (χ3v) is 3.86. The summed E-state index contributed by atoms with van der Waals surface area (Å²) in [6.45, 7) is 2.83. The summed E-state index contributed by atoms with van der Waals surface area (Å²) in [5, 5.41) is 20.8. The molecule has 2 aromatic carbocycles. The van der Waals surface area contributed by atoms with Gasteiger partial charge in [0.25, 0.3) is 0 Å². The predicted octanol–water partition coefficient (Wildman–Crippen LogP) is 3.56. The molecule has 0 saturated heterocycles. The highest BCUT2D eigenvalue weighted by Gasteiger charge is 2.24. The molecule has 8 nitrogen and oxygen atoms in total. The van der Waals surface area contributed by atoms with Gasteiger partial charge in [0.15, 0.2) is 0 Å². The largest absolute Gasteiger partial charge is 0.501 e. The van der Waals surface area contributed by atoms with E-state index in [0.717, 1.165) is 11.3 Å². The van der Waals surface area contributed by atoms with Crippen molar-refractivity contribution in [2.75, 3.05) is 13.2 Å². The molecule has 3 aromatic rings. The molecule has 0 fully saturated rings. The predicted molar refractivity (Wildman–Crippen MR) is 97.6 cm³/mol. The van der Waals surface area contributed by atoms with Crippen LogP contribution in [0.5, 0.6) is 17.2 Å². The maximum absolute atomic E-state index is 11.6. The zero-order chi connectivity index (χ0) is 19.4. The molecule has 0 aliphatic rings. The molecule has 0 spiro atoms. The minimum Gasteiger partial charge on any atom is -0.501 e. The van der Waals surface area contributed by atoms with Gasteiger partial charge >= 0.3 is 11.3 Å². The molecule has 0 saturated carbocycles. The van der Waals surface area contributed by atoms with E-state index in [1.807, 2.05) is 31.2 Å². The average molecular weight is 371 g/mol. The van der Waals surface area contributed by atoms with Crippen molar-refractivity contribution in [3.05, 3.63) is 68.6 Å². The van der Waals surface area contributed by atoms with Crippen molar-refractivity contribution in [1.82, 2.24) is 0 Å². The lowest BCUT2D eigenvalue weighted by molar-refractivity contribution is -0.388. The molecule has 1 heterocycles. The second-order valence-corrected chi connectivity index (χ2v) is 5.87. The van der Waals surface area contributed by atoms with Gasteiger partial charge in [0.05, 0.1) is 23.5 Å². The van der Waals surface area contributed by atoms with Gasteiger partial charge in [-0.2, -0.15) is 0 Å². The first-order chi connectivity index (χ1) is 13.0. The van der Waals surface area contributed by atoms with Crippen molar-refractivity contribution >= 4 is 16.7 Å². The van der Waals surface area contributed by atoms with Gasteiger partial charge in [-0.1, -0.05) is 17.7 Å². The number of benzene rings is 2. The number of hydrogen-bond acceptors (Lipinski definition) is 7. The number of aromatic hydroxyl groups is 1. The standard InChI is InChI=1S/C19H17NO7/c1-12-3-5-13(6-4-12)25-9-2-10-26-14-7-8-15-16(11-14)27-19(22)17(18(15)21)20(23)24/h3-8,11,21H,2,9-10H2,1H3. The van der Waals surface area contributed by atoms with Crippen molar-refractivity contribution in [3.63, 3.8) is 0 Å². The number of fused-ring (bicyclic) bond motifs is 1. The molecule has 0 amide bonds. The number of rotatable bonds is 7. The van der Waals surface area contributed by atoms with Crippen molar-refractivity contribution in [2.45, 2.75) is 13.3 Å². The highest BCUT2D eigenvalue weighted by Crippen LogP contribution is 2.32. The molecule has 140 valence electrons. The summed E-state index contributed by atoms with van der Waals surface area (Å²) in [4.78, 5) is 21.5. The molecule has 27 heavy (non-hydrogen) atoms. The Balaban J connectivity index is 1.61. The van der Waals surface area contributed by atoms with E-state index in [1.54, 1.807) is 0 Å². The van der Waals surface area contributed by atoms with Crippen LogP contribution in [-0.2, 0) is 0 Å². The minimum atomic E-state index is -1.21. The van der Waals surface area contributed by atoms with E-state index >= 15 is 0 Å². The number of nitrogens with zero attached hydrogens (tertiary/aromatic N) is 1. The summed E-state index contributed by atoms with van der Waals surface area (Å²) in [5.41, 5.74) is -1.03. The van der Waals surface area contributed by atoms with Gasteiger partial charge in [-0.15, -0.1) is 0 Å². The monoisotopic (exact) mass is 371 g/mol. The van der Waals surface area contributed by atoms with Crippen molar-refractivity contribution in [3.8, 4) is 17.2 Å². The highest BCUT2D eigenvalue weighted by molar-refractivity contribution is 5.87. The Morgan fingerprint density at radius 2 is 1.70 bits per heavy atom. The second kappa shape index (κ2) is 7.77. The lowest BCUT2D eigenvalue weighted by Gasteiger charge is -2.09. The Kier molecular flexibility index (Phi) is 5.25. The number of aryl methyl sites for hydroxylation is 1. The zero-order valence-electron chi connectivity index (χ0n) is 14.5. The fraction of sp³-hybridized carbons (Fsp3) is 0.211. The van der Waals surface area contributed by atoms with E-state index < -0.39 is 22.0 Å². The van der Waals surface area contributed by atoms with E-state index in [4.69, 9.17) is 13.9 Å². The molecule has 0 unspecified atom stereocenters. The van der Waals surface area contributed by atoms with E-state index in [1.165, 1.54) is 18.2 Å². The molecular weight excluding hydrogens is 354 g/mol. The molecular formula is C19H17NO7. The summed E-state index contributed by atoms with van der Waals surface area (Å²) in [7, 11) is 0. The summed E-state index contributed by atoms with van der Waals surface area (Å²) in [5.74, 6) is 0.476. The van der Waals surface area contributed by atoms with Gasteiger partial charge < -0.3 is 19.0 Å². The number of hydrogen-bond donors (Lipinski definition) is 1. The maximum Gasteiger partial charge on any atom is 0.419 e. The van der Waals surface area contributed by atoms with Gasteiger partial charge in [0.2, 0.25) is 5.75 Å². The molecule has 1 aromatic heterocycles. The molecule has 0 bridgehead atoms. The van der Waals surface area contributed by atoms with Gasteiger partial charge in [-0.3, -0.25) is 10.1 Å².